The normalized spacial score (nSPS) is 30.7. The van der Waals surface area contributed by atoms with Crippen LogP contribution in [0, 0.1) is 23.2 Å². The van der Waals surface area contributed by atoms with E-state index in [2.05, 4.69) is 54.6 Å². The topological polar surface area (TPSA) is 172 Å². The fraction of sp³-hybridized carbons (Fsp3) is 0.750. The SMILES string of the molecule is COC(=O)/C=C1\C[C@@H](C[C@@H](OC(=O)C[C@@H](C[C@@H]2CCC[C@H](C[C@@H]3CCO[C@@]4(C[C@H](C)CC[C@H]4C(C)C)O3)O2)O[Si](C)(C)C(C)(C)C)[C@@H](C)OCc2ccccc2)O[C@@](O)(C(C)(C)/C=C/C=O)C1OC(C)=O. The minimum atomic E-state index is -2.43. The van der Waals surface area contributed by atoms with Gasteiger partial charge in [-0.1, -0.05) is 98.2 Å². The summed E-state index contributed by atoms with van der Waals surface area (Å²) >= 11 is 0. The fourth-order valence-corrected chi connectivity index (χ4v) is 12.1. The first kappa shape index (κ1) is 58.6. The third kappa shape index (κ3) is 15.9. The quantitative estimate of drug-likeness (QED) is 0.0405. The number of rotatable bonds is 21. The molecule has 3 saturated heterocycles. The number of methoxy groups -OCH3 is 1. The van der Waals surface area contributed by atoms with Crippen LogP contribution in [0.25, 0.3) is 0 Å². The van der Waals surface area contributed by atoms with Crippen LogP contribution in [0.15, 0.2) is 54.1 Å². The summed E-state index contributed by atoms with van der Waals surface area (Å²) in [6.45, 7) is 24.9. The summed E-state index contributed by atoms with van der Waals surface area (Å²) in [4.78, 5) is 51.5. The second-order valence-electron chi connectivity index (χ2n) is 23.3. The molecule has 1 unspecified atom stereocenters. The summed E-state index contributed by atoms with van der Waals surface area (Å²) in [6, 6.07) is 9.64. The molecule has 0 aromatic heterocycles. The summed E-state index contributed by atoms with van der Waals surface area (Å²) in [7, 11) is -1.21. The number of aliphatic hydroxyl groups is 1. The second kappa shape index (κ2) is 25.3. The summed E-state index contributed by atoms with van der Waals surface area (Å²) < 4.78 is 57.6. The number of aldehydes is 1. The van der Waals surface area contributed by atoms with E-state index in [0.717, 1.165) is 50.5 Å². The van der Waals surface area contributed by atoms with Crippen molar-refractivity contribution in [1.82, 2.24) is 0 Å². The molecule has 12 atom stereocenters. The average Bonchev–Trinajstić information content (AvgIpc) is 3.28. The van der Waals surface area contributed by atoms with Gasteiger partial charge in [-0.3, -0.25) is 14.4 Å². The third-order valence-electron chi connectivity index (χ3n) is 15.7. The Hall–Kier alpha value is -3.28. The highest BCUT2D eigenvalue weighted by atomic mass is 28.4. The number of allylic oxidation sites excluding steroid dienone is 1. The van der Waals surface area contributed by atoms with Crippen LogP contribution < -0.4 is 0 Å². The van der Waals surface area contributed by atoms with Crippen molar-refractivity contribution < 1.29 is 66.6 Å². The molecule has 4 fully saturated rings. The van der Waals surface area contributed by atoms with Gasteiger partial charge >= 0.3 is 17.9 Å². The zero-order chi connectivity index (χ0) is 52.4. The molecule has 1 N–H and O–H groups in total. The lowest BCUT2D eigenvalue weighted by molar-refractivity contribution is -0.342. The molecule has 3 aliphatic heterocycles. The van der Waals surface area contributed by atoms with E-state index in [0.29, 0.717) is 37.1 Å². The van der Waals surface area contributed by atoms with E-state index in [4.69, 9.17) is 42.3 Å². The van der Waals surface area contributed by atoms with E-state index in [9.17, 15) is 24.3 Å². The van der Waals surface area contributed by atoms with Crippen LogP contribution >= 0.6 is 0 Å². The van der Waals surface area contributed by atoms with Crippen LogP contribution in [0.2, 0.25) is 18.1 Å². The monoisotopic (exact) mass is 1010 g/mol. The van der Waals surface area contributed by atoms with E-state index >= 15 is 0 Å². The summed E-state index contributed by atoms with van der Waals surface area (Å²) in [6.07, 6.45) is 7.94. The molecule has 71 heavy (non-hydrogen) atoms. The molecule has 400 valence electrons. The van der Waals surface area contributed by atoms with Crippen molar-refractivity contribution in [3.8, 4) is 0 Å². The van der Waals surface area contributed by atoms with Crippen LogP contribution in [-0.2, 0) is 68.1 Å². The van der Waals surface area contributed by atoms with Crippen molar-refractivity contribution in [3.63, 3.8) is 0 Å². The zero-order valence-corrected chi connectivity index (χ0v) is 46.2. The molecule has 0 radical (unpaired) electrons. The largest absolute Gasteiger partial charge is 0.466 e. The first-order chi connectivity index (χ1) is 33.3. The summed E-state index contributed by atoms with van der Waals surface area (Å²) in [5.74, 6) is -3.43. The standard InChI is InChI=1S/C56H88O14Si/c1-37(2)48-24-23-38(3)35-55(48)64-28-25-45(68-55)31-43-21-17-22-44(66-43)32-47(70-71(12,13)53(6,7)8)34-51(60)67-49(39(4)63-36-41-19-15-14-16-20-41)33-46-29-42(30-50(59)62-11)52(65-40(5)58)56(61,69-46)54(9,10)26-18-27-57/h14-16,18-20,26-27,30,37-39,43-49,52,61H,17,21-25,28-29,31-36H2,1-13H3/b26-18+,42-30+/t38-,39-,43-,44+,45+,46+,47-,48+,49-,52?,55+,56-/m1/s1. The molecule has 1 aliphatic carbocycles. The molecule has 0 bridgehead atoms. The van der Waals surface area contributed by atoms with E-state index < -0.39 is 73.7 Å². The lowest BCUT2D eigenvalue weighted by Gasteiger charge is -2.51. The Labute approximate surface area is 425 Å². The van der Waals surface area contributed by atoms with Gasteiger partial charge in [0.1, 0.15) is 12.4 Å². The molecular formula is C56H88O14Si. The number of carbonyl (C=O) groups excluding carboxylic acids is 4. The minimum absolute atomic E-state index is 0.00306. The van der Waals surface area contributed by atoms with Gasteiger partial charge in [0.25, 0.3) is 0 Å². The Morgan fingerprint density at radius 2 is 1.63 bits per heavy atom. The van der Waals surface area contributed by atoms with Crippen LogP contribution in [-0.4, -0.2) is 112 Å². The molecule has 1 aromatic carbocycles. The highest BCUT2D eigenvalue weighted by Crippen LogP contribution is 2.49. The van der Waals surface area contributed by atoms with Gasteiger partial charge in [-0.2, -0.15) is 0 Å². The molecule has 3 heterocycles. The fourth-order valence-electron chi connectivity index (χ4n) is 10.7. The molecule has 5 rings (SSSR count). The van der Waals surface area contributed by atoms with Gasteiger partial charge in [-0.05, 0) is 105 Å². The number of esters is 3. The van der Waals surface area contributed by atoms with Crippen molar-refractivity contribution in [3.05, 3.63) is 59.7 Å². The number of hydrogen-bond donors (Lipinski definition) is 1. The summed E-state index contributed by atoms with van der Waals surface area (Å²) in [5, 5.41) is 12.4. The number of hydrogen-bond acceptors (Lipinski definition) is 14. The van der Waals surface area contributed by atoms with E-state index in [-0.39, 0.29) is 54.8 Å². The van der Waals surface area contributed by atoms with Gasteiger partial charge in [0, 0.05) is 37.2 Å². The van der Waals surface area contributed by atoms with Crippen molar-refractivity contribution in [2.45, 2.75) is 231 Å². The Morgan fingerprint density at radius 3 is 2.28 bits per heavy atom. The molecule has 4 aliphatic rings. The van der Waals surface area contributed by atoms with E-state index in [1.54, 1.807) is 13.8 Å². The van der Waals surface area contributed by atoms with Crippen LogP contribution in [0.5, 0.6) is 0 Å². The van der Waals surface area contributed by atoms with Gasteiger partial charge in [0.2, 0.25) is 5.79 Å². The maximum Gasteiger partial charge on any atom is 0.330 e. The smallest absolute Gasteiger partial charge is 0.330 e. The lowest BCUT2D eigenvalue weighted by Crippen LogP contribution is -2.62. The number of ether oxygens (including phenoxy) is 8. The van der Waals surface area contributed by atoms with Crippen molar-refractivity contribution in [2.24, 2.45) is 23.2 Å². The molecular weight excluding hydrogens is 925 g/mol. The van der Waals surface area contributed by atoms with Gasteiger partial charge in [0.15, 0.2) is 20.2 Å². The first-order valence-corrected chi connectivity index (χ1v) is 29.2. The molecule has 1 spiro atoms. The molecule has 1 saturated carbocycles. The Kier molecular flexibility index (Phi) is 20.9. The van der Waals surface area contributed by atoms with E-state index in [1.807, 2.05) is 37.3 Å². The third-order valence-corrected chi connectivity index (χ3v) is 20.3. The Bertz CT molecular complexity index is 1960. The van der Waals surface area contributed by atoms with Crippen LogP contribution in [0.4, 0.5) is 0 Å². The van der Waals surface area contributed by atoms with Crippen molar-refractivity contribution in [1.29, 1.82) is 0 Å². The zero-order valence-electron chi connectivity index (χ0n) is 45.2. The van der Waals surface area contributed by atoms with Gasteiger partial charge in [0.05, 0.1) is 63.4 Å². The maximum absolute atomic E-state index is 14.6. The van der Waals surface area contributed by atoms with Gasteiger partial charge < -0.3 is 47.4 Å². The highest BCUT2D eigenvalue weighted by Gasteiger charge is 2.58. The molecule has 15 heteroatoms. The molecule has 0 amide bonds. The number of benzene rings is 1. The highest BCUT2D eigenvalue weighted by molar-refractivity contribution is 6.74. The predicted octanol–water partition coefficient (Wildman–Crippen LogP) is 10.3. The second-order valence-corrected chi connectivity index (χ2v) is 28.0. The van der Waals surface area contributed by atoms with Gasteiger partial charge in [-0.15, -0.1) is 0 Å². The molecule has 14 nitrogen and oxygen atoms in total. The Balaban J connectivity index is 1.39. The Morgan fingerprint density at radius 1 is 0.930 bits per heavy atom. The summed E-state index contributed by atoms with van der Waals surface area (Å²) in [5.41, 5.74) is -0.215. The first-order valence-electron chi connectivity index (χ1n) is 26.3. The maximum atomic E-state index is 14.6. The van der Waals surface area contributed by atoms with Gasteiger partial charge in [-0.25, -0.2) is 4.79 Å². The van der Waals surface area contributed by atoms with Crippen molar-refractivity contribution in [2.75, 3.05) is 13.7 Å². The van der Waals surface area contributed by atoms with Crippen molar-refractivity contribution >= 4 is 32.5 Å². The minimum Gasteiger partial charge on any atom is -0.466 e. The lowest BCUT2D eigenvalue weighted by atomic mass is 9.72. The number of carbonyl (C=O) groups is 4. The predicted molar refractivity (Wildman–Crippen MR) is 272 cm³/mol. The average molecular weight is 1010 g/mol. The van der Waals surface area contributed by atoms with E-state index in [1.165, 1.54) is 38.7 Å². The molecule has 1 aromatic rings. The van der Waals surface area contributed by atoms with Crippen LogP contribution in [0.3, 0.4) is 0 Å². The van der Waals surface area contributed by atoms with Crippen LogP contribution in [0.1, 0.15) is 152 Å².